The fraction of sp³-hybridized carbons (Fsp3) is 0. The van der Waals surface area contributed by atoms with Gasteiger partial charge in [-0.3, -0.25) is 9.79 Å². The molecular formula is C24H22O6P2. The lowest BCUT2D eigenvalue weighted by molar-refractivity contribution is 0.283. The maximum atomic E-state index is 10.3. The molecule has 4 aromatic rings. The van der Waals surface area contributed by atoms with Crippen LogP contribution in [0.15, 0.2) is 109 Å². The Bertz CT molecular complexity index is 1130. The second-order valence-corrected chi connectivity index (χ2v) is 9.92. The summed E-state index contributed by atoms with van der Waals surface area (Å²) in [6, 6.07) is 32.8. The third kappa shape index (κ3) is 6.94. The van der Waals surface area contributed by atoms with Gasteiger partial charge >= 0.3 is 7.82 Å². The monoisotopic (exact) mass is 468 g/mol. The van der Waals surface area contributed by atoms with Crippen LogP contribution in [-0.2, 0) is 4.57 Å². The predicted octanol–water partition coefficient (Wildman–Crippen LogP) is 4.01. The molecule has 0 unspecified atom stereocenters. The lowest BCUT2D eigenvalue weighted by Crippen LogP contribution is -2.20. The van der Waals surface area contributed by atoms with Crippen molar-refractivity contribution in [2.45, 2.75) is 0 Å². The number of phenols is 2. The smallest absolute Gasteiger partial charge is 0.508 e. The molecule has 0 spiro atoms. The van der Waals surface area contributed by atoms with Crippen molar-refractivity contribution in [3.05, 3.63) is 109 Å². The molecule has 0 saturated carbocycles. The number of hydrogen-bond acceptors (Lipinski definition) is 4. The van der Waals surface area contributed by atoms with Gasteiger partial charge in [0, 0.05) is 5.30 Å². The normalized spacial score (nSPS) is 10.8. The van der Waals surface area contributed by atoms with Gasteiger partial charge in [-0.05, 0) is 48.9 Å². The predicted molar refractivity (Wildman–Crippen MR) is 128 cm³/mol. The fourth-order valence-corrected chi connectivity index (χ4v) is 5.65. The highest BCUT2D eigenvalue weighted by Gasteiger charge is 2.19. The van der Waals surface area contributed by atoms with E-state index in [1.165, 1.54) is 18.2 Å². The van der Waals surface area contributed by atoms with Crippen molar-refractivity contribution >= 4 is 31.7 Å². The van der Waals surface area contributed by atoms with E-state index in [0.29, 0.717) is 0 Å². The van der Waals surface area contributed by atoms with Gasteiger partial charge in [0.2, 0.25) is 0 Å². The van der Waals surface area contributed by atoms with Gasteiger partial charge in [0.15, 0.2) is 0 Å². The summed E-state index contributed by atoms with van der Waals surface area (Å²) in [6.45, 7) is 0. The van der Waals surface area contributed by atoms with E-state index in [2.05, 4.69) is 28.8 Å². The van der Waals surface area contributed by atoms with Crippen LogP contribution in [0.3, 0.4) is 0 Å². The molecule has 164 valence electrons. The maximum absolute atomic E-state index is 10.3. The minimum Gasteiger partial charge on any atom is -0.508 e. The summed E-state index contributed by atoms with van der Waals surface area (Å²) in [7, 11) is -5.28. The number of aromatic hydroxyl groups is 2. The van der Waals surface area contributed by atoms with Crippen molar-refractivity contribution in [2.24, 2.45) is 0 Å². The van der Waals surface area contributed by atoms with Gasteiger partial charge in [-0.1, -0.05) is 78.9 Å². The van der Waals surface area contributed by atoms with E-state index < -0.39 is 15.7 Å². The van der Waals surface area contributed by atoms with Crippen LogP contribution >= 0.6 is 15.7 Å². The van der Waals surface area contributed by atoms with Crippen molar-refractivity contribution in [1.82, 2.24) is 0 Å². The highest BCUT2D eigenvalue weighted by Crippen LogP contribution is 2.38. The molecule has 0 amide bonds. The Morgan fingerprint density at radius 3 is 1.59 bits per heavy atom. The topological polar surface area (TPSA) is 107 Å². The van der Waals surface area contributed by atoms with Crippen LogP contribution in [0.1, 0.15) is 0 Å². The lowest BCUT2D eigenvalue weighted by Gasteiger charge is -2.20. The zero-order valence-electron chi connectivity index (χ0n) is 16.9. The maximum Gasteiger partial charge on any atom is 0.524 e. The Labute approximate surface area is 187 Å². The van der Waals surface area contributed by atoms with Gasteiger partial charge in [0.25, 0.3) is 0 Å². The number of benzene rings is 4. The van der Waals surface area contributed by atoms with E-state index in [1.54, 1.807) is 30.3 Å². The summed E-state index contributed by atoms with van der Waals surface area (Å²) < 4.78 is 14.5. The summed E-state index contributed by atoms with van der Waals surface area (Å²) in [5, 5.41) is 23.1. The molecule has 0 radical (unpaired) electrons. The van der Waals surface area contributed by atoms with Gasteiger partial charge in [0.05, 0.1) is 0 Å². The zero-order chi connectivity index (χ0) is 23.0. The van der Waals surface area contributed by atoms with Gasteiger partial charge in [-0.2, -0.15) is 0 Å². The highest BCUT2D eigenvalue weighted by atomic mass is 31.2. The first-order valence-corrected chi connectivity index (χ1v) is 12.4. The molecule has 4 rings (SSSR count). The molecule has 0 aliphatic carbocycles. The fourth-order valence-electron chi connectivity index (χ4n) is 2.89. The van der Waals surface area contributed by atoms with E-state index in [4.69, 9.17) is 9.79 Å². The number of para-hydroxylation sites is 1. The zero-order valence-corrected chi connectivity index (χ0v) is 18.7. The van der Waals surface area contributed by atoms with Crippen LogP contribution in [0.25, 0.3) is 0 Å². The molecule has 4 N–H and O–H groups in total. The summed E-state index contributed by atoms with van der Waals surface area (Å²) in [5.41, 5.74) is 0. The van der Waals surface area contributed by atoms with Crippen LogP contribution < -0.4 is 20.4 Å². The Balaban J connectivity index is 0.000000222. The minimum absolute atomic E-state index is 0.167. The third-order valence-corrected chi connectivity index (χ3v) is 7.11. The van der Waals surface area contributed by atoms with Crippen molar-refractivity contribution in [3.8, 4) is 17.2 Å². The van der Waals surface area contributed by atoms with Gasteiger partial charge in [-0.15, -0.1) is 0 Å². The van der Waals surface area contributed by atoms with Crippen molar-refractivity contribution < 1.29 is 29.1 Å². The summed E-state index contributed by atoms with van der Waals surface area (Å²) in [4.78, 5) is 16.7. The van der Waals surface area contributed by atoms with E-state index in [9.17, 15) is 14.8 Å². The van der Waals surface area contributed by atoms with Crippen LogP contribution in [-0.4, -0.2) is 20.0 Å². The van der Waals surface area contributed by atoms with Crippen LogP contribution in [0.5, 0.6) is 17.2 Å². The molecule has 0 aliphatic heterocycles. The Morgan fingerprint density at radius 2 is 1.12 bits per heavy atom. The number of rotatable bonds is 5. The molecule has 8 heteroatoms. The molecule has 0 aromatic heterocycles. The Hall–Kier alpha value is -3.14. The van der Waals surface area contributed by atoms with Crippen molar-refractivity contribution in [3.63, 3.8) is 0 Å². The average molecular weight is 468 g/mol. The third-order valence-electron chi connectivity index (χ3n) is 4.20. The van der Waals surface area contributed by atoms with Crippen molar-refractivity contribution in [1.29, 1.82) is 0 Å². The van der Waals surface area contributed by atoms with E-state index in [0.717, 1.165) is 15.9 Å². The molecule has 32 heavy (non-hydrogen) atoms. The molecule has 0 fully saturated rings. The molecule has 0 heterocycles. The average Bonchev–Trinajstić information content (AvgIpc) is 2.78. The van der Waals surface area contributed by atoms with E-state index in [1.807, 2.05) is 36.4 Å². The molecule has 0 saturated heterocycles. The van der Waals surface area contributed by atoms with Crippen LogP contribution in [0.4, 0.5) is 0 Å². The molecule has 6 nitrogen and oxygen atoms in total. The first kappa shape index (κ1) is 23.5. The van der Waals surface area contributed by atoms with Crippen LogP contribution in [0.2, 0.25) is 0 Å². The van der Waals surface area contributed by atoms with Gasteiger partial charge in [0.1, 0.15) is 17.2 Å². The quantitative estimate of drug-likeness (QED) is 0.261. The van der Waals surface area contributed by atoms with E-state index >= 15 is 0 Å². The lowest BCUT2D eigenvalue weighted by atomic mass is 10.3. The standard InChI is InChI=1S/C18H15O2P.C6H7O4P/c19-14-11-12-17(20)18(13-14)21(15-7-3-1-4-8-15)16-9-5-2-6-10-16;7-11(8,9)10-6-4-2-1-3-5-6/h1-13,19-20H;1-5H,(H2,7,8,9). The summed E-state index contributed by atoms with van der Waals surface area (Å²) in [5.74, 6) is 0.551. The summed E-state index contributed by atoms with van der Waals surface area (Å²) in [6.07, 6.45) is 0. The number of phosphoric ester groups is 1. The first-order chi connectivity index (χ1) is 15.3. The Kier molecular flexibility index (Phi) is 8.04. The second-order valence-electron chi connectivity index (χ2n) is 6.57. The number of hydrogen-bond donors (Lipinski definition) is 4. The van der Waals surface area contributed by atoms with Crippen molar-refractivity contribution in [2.75, 3.05) is 0 Å². The summed E-state index contributed by atoms with van der Waals surface area (Å²) >= 11 is 0. The van der Waals surface area contributed by atoms with Gasteiger partial charge in [-0.25, -0.2) is 4.57 Å². The number of phenolic OH excluding ortho intramolecular Hbond substituents is 2. The largest absolute Gasteiger partial charge is 0.524 e. The molecule has 4 aromatic carbocycles. The Morgan fingerprint density at radius 1 is 0.656 bits per heavy atom. The molecule has 0 atom stereocenters. The first-order valence-electron chi connectivity index (χ1n) is 9.56. The van der Waals surface area contributed by atoms with Gasteiger partial charge < -0.3 is 14.7 Å². The highest BCUT2D eigenvalue weighted by molar-refractivity contribution is 7.80. The minimum atomic E-state index is -4.39. The SMILES string of the molecule is O=P(O)(O)Oc1ccccc1.Oc1ccc(O)c(P(c2ccccc2)c2ccccc2)c1. The second kappa shape index (κ2) is 10.9. The number of phosphoric acid groups is 1. The van der Waals surface area contributed by atoms with Crippen LogP contribution in [0, 0.1) is 0 Å². The molecular weight excluding hydrogens is 446 g/mol. The molecule has 0 aliphatic rings. The molecule has 0 bridgehead atoms. The van der Waals surface area contributed by atoms with E-state index in [-0.39, 0.29) is 17.2 Å².